The van der Waals surface area contributed by atoms with E-state index in [0.717, 1.165) is 21.4 Å². The smallest absolute Gasteiger partial charge is 0.418 e. The van der Waals surface area contributed by atoms with Crippen molar-refractivity contribution in [3.8, 4) is 5.75 Å². The molecule has 1 aliphatic heterocycles. The van der Waals surface area contributed by atoms with Crippen LogP contribution in [-0.4, -0.2) is 31.1 Å². The van der Waals surface area contributed by atoms with Crippen LogP contribution in [0.1, 0.15) is 5.56 Å². The number of thiazole rings is 1. The van der Waals surface area contributed by atoms with Gasteiger partial charge in [-0.15, -0.1) is 0 Å². The van der Waals surface area contributed by atoms with Crippen molar-refractivity contribution in [2.24, 2.45) is 5.92 Å². The summed E-state index contributed by atoms with van der Waals surface area (Å²) >= 11 is 1.49. The topological polar surface area (TPSA) is 54.5 Å². The van der Waals surface area contributed by atoms with Crippen LogP contribution in [0.15, 0.2) is 42.5 Å². The molecule has 146 valence electrons. The molecule has 0 radical (unpaired) electrons. The minimum atomic E-state index is -4.52. The van der Waals surface area contributed by atoms with Gasteiger partial charge in [-0.05, 0) is 24.3 Å². The minimum absolute atomic E-state index is 0.219. The van der Waals surface area contributed by atoms with Gasteiger partial charge in [0.15, 0.2) is 5.13 Å². The molecule has 0 unspecified atom stereocenters. The van der Waals surface area contributed by atoms with Gasteiger partial charge in [0, 0.05) is 13.1 Å². The monoisotopic (exact) mass is 407 g/mol. The molecule has 28 heavy (non-hydrogen) atoms. The fraction of sp³-hybridized carbons (Fsp3) is 0.263. The normalized spacial score (nSPS) is 14.8. The van der Waals surface area contributed by atoms with Crippen molar-refractivity contribution in [3.05, 3.63) is 48.0 Å². The highest BCUT2D eigenvalue weighted by molar-refractivity contribution is 7.22. The third kappa shape index (κ3) is 3.37. The average molecular weight is 407 g/mol. The Balaban J connectivity index is 1.44. The van der Waals surface area contributed by atoms with Crippen LogP contribution in [0, 0.1) is 5.92 Å². The Kier molecular flexibility index (Phi) is 4.62. The average Bonchev–Trinajstić information content (AvgIpc) is 3.03. The number of carbonyl (C=O) groups excluding carboxylic acids is 1. The van der Waals surface area contributed by atoms with Gasteiger partial charge >= 0.3 is 6.18 Å². The molecule has 1 aliphatic rings. The van der Waals surface area contributed by atoms with E-state index in [1.807, 2.05) is 23.1 Å². The number of para-hydroxylation sites is 2. The van der Waals surface area contributed by atoms with Gasteiger partial charge in [-0.1, -0.05) is 29.5 Å². The number of hydrogen-bond donors (Lipinski definition) is 1. The summed E-state index contributed by atoms with van der Waals surface area (Å²) in [7, 11) is 1.58. The summed E-state index contributed by atoms with van der Waals surface area (Å²) in [4.78, 5) is 18.9. The van der Waals surface area contributed by atoms with Crippen molar-refractivity contribution in [1.29, 1.82) is 0 Å². The molecule has 2 heterocycles. The van der Waals surface area contributed by atoms with Crippen LogP contribution in [0.5, 0.6) is 5.75 Å². The summed E-state index contributed by atoms with van der Waals surface area (Å²) in [5.74, 6) is -0.139. The molecule has 1 fully saturated rings. The van der Waals surface area contributed by atoms with E-state index < -0.39 is 23.6 Å². The summed E-state index contributed by atoms with van der Waals surface area (Å²) in [6, 6.07) is 10.6. The van der Waals surface area contributed by atoms with E-state index in [2.05, 4.69) is 10.3 Å². The SMILES string of the molecule is COc1cccc2sc(N3CC(C(=O)Nc4ccccc4C(F)(F)F)C3)nc12. The zero-order valence-electron chi connectivity index (χ0n) is 14.8. The molecule has 0 spiro atoms. The summed E-state index contributed by atoms with van der Waals surface area (Å²) < 4.78 is 45.5. The van der Waals surface area contributed by atoms with Crippen LogP contribution < -0.4 is 15.0 Å². The molecule has 1 N–H and O–H groups in total. The first-order valence-corrected chi connectivity index (χ1v) is 9.34. The second-order valence-corrected chi connectivity index (χ2v) is 7.45. The zero-order chi connectivity index (χ0) is 19.9. The molecule has 3 aromatic rings. The summed E-state index contributed by atoms with van der Waals surface area (Å²) in [5.41, 5.74) is -0.307. The number of anilines is 2. The van der Waals surface area contributed by atoms with Gasteiger partial charge in [-0.2, -0.15) is 13.2 Å². The van der Waals surface area contributed by atoms with Crippen LogP contribution >= 0.6 is 11.3 Å². The third-order valence-electron chi connectivity index (χ3n) is 4.60. The first kappa shape index (κ1) is 18.5. The van der Waals surface area contributed by atoms with Crippen LogP contribution in [0.4, 0.5) is 24.0 Å². The van der Waals surface area contributed by atoms with E-state index >= 15 is 0 Å². The van der Waals surface area contributed by atoms with Crippen molar-refractivity contribution in [3.63, 3.8) is 0 Å². The highest BCUT2D eigenvalue weighted by atomic mass is 32.1. The number of alkyl halides is 3. The van der Waals surface area contributed by atoms with E-state index in [4.69, 9.17) is 4.74 Å². The minimum Gasteiger partial charge on any atom is -0.494 e. The molecule has 5 nitrogen and oxygen atoms in total. The molecule has 1 amide bonds. The second-order valence-electron chi connectivity index (χ2n) is 6.44. The number of methoxy groups -OCH3 is 1. The van der Waals surface area contributed by atoms with Crippen molar-refractivity contribution < 1.29 is 22.7 Å². The van der Waals surface area contributed by atoms with Gasteiger partial charge < -0.3 is 15.0 Å². The number of benzene rings is 2. The summed E-state index contributed by atoms with van der Waals surface area (Å²) in [5, 5.41) is 3.18. The lowest BCUT2D eigenvalue weighted by Crippen LogP contribution is -2.52. The maximum atomic E-state index is 13.1. The van der Waals surface area contributed by atoms with Gasteiger partial charge in [0.05, 0.1) is 29.0 Å². The number of halogens is 3. The standard InChI is InChI=1S/C19H16F3N3O2S/c1-27-14-7-4-8-15-16(14)24-18(28-15)25-9-11(10-25)17(26)23-13-6-3-2-5-12(13)19(20,21)22/h2-8,11H,9-10H2,1H3,(H,23,26). The molecule has 1 saturated heterocycles. The first-order valence-electron chi connectivity index (χ1n) is 8.52. The van der Waals surface area contributed by atoms with E-state index in [9.17, 15) is 18.0 Å². The van der Waals surface area contributed by atoms with E-state index in [0.29, 0.717) is 18.8 Å². The molecule has 0 saturated carbocycles. The number of fused-ring (bicyclic) bond motifs is 1. The number of nitrogens with one attached hydrogen (secondary N) is 1. The number of ether oxygens (including phenoxy) is 1. The first-order chi connectivity index (χ1) is 13.4. The number of amides is 1. The molecule has 0 aliphatic carbocycles. The Morgan fingerprint density at radius 3 is 2.68 bits per heavy atom. The van der Waals surface area contributed by atoms with Crippen molar-refractivity contribution in [1.82, 2.24) is 4.98 Å². The maximum Gasteiger partial charge on any atom is 0.418 e. The van der Waals surface area contributed by atoms with Crippen LogP contribution in [0.3, 0.4) is 0 Å². The van der Waals surface area contributed by atoms with Gasteiger partial charge in [-0.25, -0.2) is 4.98 Å². The molecule has 0 atom stereocenters. The van der Waals surface area contributed by atoms with Crippen LogP contribution in [0.2, 0.25) is 0 Å². The number of rotatable bonds is 4. The molecule has 0 bridgehead atoms. The molecule has 2 aromatic carbocycles. The molecule has 1 aromatic heterocycles. The Hall–Kier alpha value is -2.81. The number of carbonyl (C=O) groups is 1. The van der Waals surface area contributed by atoms with E-state index in [-0.39, 0.29) is 5.69 Å². The van der Waals surface area contributed by atoms with Gasteiger partial charge in [0.2, 0.25) is 5.91 Å². The van der Waals surface area contributed by atoms with Crippen molar-refractivity contribution >= 4 is 38.3 Å². The number of hydrogen-bond acceptors (Lipinski definition) is 5. The Labute approximate surface area is 162 Å². The van der Waals surface area contributed by atoms with Gasteiger partial charge in [0.1, 0.15) is 11.3 Å². The van der Waals surface area contributed by atoms with Crippen molar-refractivity contribution in [2.75, 3.05) is 30.4 Å². The Morgan fingerprint density at radius 2 is 1.96 bits per heavy atom. The lowest BCUT2D eigenvalue weighted by atomic mass is 9.99. The van der Waals surface area contributed by atoms with Crippen LogP contribution in [0.25, 0.3) is 10.2 Å². The summed E-state index contributed by atoms with van der Waals surface area (Å²) in [6.07, 6.45) is -4.52. The highest BCUT2D eigenvalue weighted by Gasteiger charge is 2.37. The summed E-state index contributed by atoms with van der Waals surface area (Å²) in [6.45, 7) is 0.810. The lowest BCUT2D eigenvalue weighted by molar-refractivity contribution is -0.137. The fourth-order valence-electron chi connectivity index (χ4n) is 3.09. The Bertz CT molecular complexity index is 1030. The number of aromatic nitrogens is 1. The molecule has 4 rings (SSSR count). The van der Waals surface area contributed by atoms with Gasteiger partial charge in [0.25, 0.3) is 0 Å². The molecular formula is C19H16F3N3O2S. The fourth-order valence-corrected chi connectivity index (χ4v) is 4.09. The molecule has 9 heteroatoms. The predicted molar refractivity (Wildman–Crippen MR) is 102 cm³/mol. The highest BCUT2D eigenvalue weighted by Crippen LogP contribution is 2.38. The van der Waals surface area contributed by atoms with E-state index in [1.54, 1.807) is 7.11 Å². The maximum absolute atomic E-state index is 13.1. The number of nitrogens with zero attached hydrogens (tertiary/aromatic N) is 2. The second kappa shape index (κ2) is 6.97. The molecular weight excluding hydrogens is 391 g/mol. The third-order valence-corrected chi connectivity index (χ3v) is 5.69. The predicted octanol–water partition coefficient (Wildman–Crippen LogP) is 4.40. The largest absolute Gasteiger partial charge is 0.494 e. The quantitative estimate of drug-likeness (QED) is 0.697. The lowest BCUT2D eigenvalue weighted by Gasteiger charge is -2.38. The van der Waals surface area contributed by atoms with Crippen LogP contribution in [-0.2, 0) is 11.0 Å². The van der Waals surface area contributed by atoms with Gasteiger partial charge in [-0.3, -0.25) is 4.79 Å². The zero-order valence-corrected chi connectivity index (χ0v) is 15.6. The Morgan fingerprint density at radius 1 is 1.21 bits per heavy atom. The van der Waals surface area contributed by atoms with Crippen molar-refractivity contribution in [2.45, 2.75) is 6.18 Å². The van der Waals surface area contributed by atoms with E-state index in [1.165, 1.54) is 29.5 Å².